The molecular formula is C16H32ClNO2. The standard InChI is InChI=1S/C16H32ClNO2/c1-6-7-8-9-10-11-14(19)15(17)16(20)18(12(2)3)13(4)5/h12-15,19H,6-11H2,1-5H3. The maximum atomic E-state index is 12.3. The largest absolute Gasteiger partial charge is 0.391 e. The van der Waals surface area contributed by atoms with Crippen LogP contribution < -0.4 is 0 Å². The van der Waals surface area contributed by atoms with Crippen molar-refractivity contribution in [3.8, 4) is 0 Å². The summed E-state index contributed by atoms with van der Waals surface area (Å²) < 4.78 is 0. The Morgan fingerprint density at radius 2 is 1.55 bits per heavy atom. The molecule has 0 aromatic rings. The van der Waals surface area contributed by atoms with Crippen LogP contribution in [-0.2, 0) is 4.79 Å². The predicted molar refractivity (Wildman–Crippen MR) is 86.1 cm³/mol. The Morgan fingerprint density at radius 1 is 1.05 bits per heavy atom. The minimum absolute atomic E-state index is 0.0977. The van der Waals surface area contributed by atoms with Gasteiger partial charge in [-0.2, -0.15) is 0 Å². The second-order valence-corrected chi connectivity index (χ2v) is 6.58. The fraction of sp³-hybridized carbons (Fsp3) is 0.938. The van der Waals surface area contributed by atoms with E-state index in [1.165, 1.54) is 19.3 Å². The summed E-state index contributed by atoms with van der Waals surface area (Å²) in [6, 6.07) is 0.195. The van der Waals surface area contributed by atoms with Gasteiger partial charge in [0.2, 0.25) is 5.91 Å². The summed E-state index contributed by atoms with van der Waals surface area (Å²) in [5.74, 6) is -0.155. The first-order chi connectivity index (χ1) is 9.32. The molecule has 120 valence electrons. The second kappa shape index (κ2) is 10.4. The van der Waals surface area contributed by atoms with E-state index in [-0.39, 0.29) is 18.0 Å². The van der Waals surface area contributed by atoms with E-state index >= 15 is 0 Å². The molecular weight excluding hydrogens is 274 g/mol. The van der Waals surface area contributed by atoms with Gasteiger partial charge in [0, 0.05) is 12.1 Å². The smallest absolute Gasteiger partial charge is 0.243 e. The summed E-state index contributed by atoms with van der Waals surface area (Å²) in [6.07, 6.45) is 5.51. The molecule has 0 aliphatic heterocycles. The highest BCUT2D eigenvalue weighted by Crippen LogP contribution is 2.18. The molecule has 0 aromatic carbocycles. The van der Waals surface area contributed by atoms with Gasteiger partial charge in [-0.25, -0.2) is 0 Å². The number of amides is 1. The Morgan fingerprint density at radius 3 is 2.00 bits per heavy atom. The van der Waals surface area contributed by atoms with Crippen molar-refractivity contribution in [3.63, 3.8) is 0 Å². The lowest BCUT2D eigenvalue weighted by Crippen LogP contribution is -2.48. The highest BCUT2D eigenvalue weighted by Gasteiger charge is 2.31. The van der Waals surface area contributed by atoms with Gasteiger partial charge in [-0.15, -0.1) is 11.6 Å². The maximum absolute atomic E-state index is 12.3. The molecule has 1 amide bonds. The highest BCUT2D eigenvalue weighted by atomic mass is 35.5. The lowest BCUT2D eigenvalue weighted by molar-refractivity contribution is -0.136. The molecule has 4 heteroatoms. The molecule has 0 aliphatic rings. The van der Waals surface area contributed by atoms with Crippen molar-refractivity contribution in [3.05, 3.63) is 0 Å². The van der Waals surface area contributed by atoms with Crippen LogP contribution in [0.3, 0.4) is 0 Å². The summed E-state index contributed by atoms with van der Waals surface area (Å²) in [4.78, 5) is 14.1. The average Bonchev–Trinajstić information content (AvgIpc) is 2.36. The Bertz CT molecular complexity index is 261. The Hall–Kier alpha value is -0.280. The van der Waals surface area contributed by atoms with Crippen molar-refractivity contribution in [2.75, 3.05) is 0 Å². The number of rotatable bonds is 10. The molecule has 2 atom stereocenters. The predicted octanol–water partition coefficient (Wildman–Crippen LogP) is 3.96. The number of aliphatic hydroxyl groups is 1. The number of alkyl halides is 1. The molecule has 1 N–H and O–H groups in total. The number of unbranched alkanes of at least 4 members (excludes halogenated alkanes) is 4. The molecule has 0 rings (SSSR count). The van der Waals surface area contributed by atoms with Crippen molar-refractivity contribution in [2.24, 2.45) is 0 Å². The van der Waals surface area contributed by atoms with E-state index in [9.17, 15) is 9.90 Å². The molecule has 3 nitrogen and oxygen atoms in total. The second-order valence-electron chi connectivity index (χ2n) is 6.11. The van der Waals surface area contributed by atoms with Gasteiger partial charge in [0.15, 0.2) is 0 Å². The van der Waals surface area contributed by atoms with Crippen LogP contribution in [0.2, 0.25) is 0 Å². The fourth-order valence-corrected chi connectivity index (χ4v) is 2.75. The molecule has 0 bridgehead atoms. The Balaban J connectivity index is 4.27. The van der Waals surface area contributed by atoms with E-state index in [2.05, 4.69) is 6.92 Å². The quantitative estimate of drug-likeness (QED) is 0.490. The van der Waals surface area contributed by atoms with Gasteiger partial charge < -0.3 is 10.0 Å². The zero-order valence-electron chi connectivity index (χ0n) is 13.7. The molecule has 2 unspecified atom stereocenters. The first-order valence-corrected chi connectivity index (χ1v) is 8.40. The van der Waals surface area contributed by atoms with Crippen molar-refractivity contribution >= 4 is 17.5 Å². The minimum atomic E-state index is -0.828. The summed E-state index contributed by atoms with van der Waals surface area (Å²) in [7, 11) is 0. The molecule has 0 radical (unpaired) electrons. The van der Waals surface area contributed by atoms with Crippen LogP contribution in [0.1, 0.15) is 73.1 Å². The molecule has 0 fully saturated rings. The zero-order valence-corrected chi connectivity index (χ0v) is 14.5. The van der Waals surface area contributed by atoms with E-state index in [1.54, 1.807) is 4.90 Å². The van der Waals surface area contributed by atoms with Crippen molar-refractivity contribution < 1.29 is 9.90 Å². The topological polar surface area (TPSA) is 40.5 Å². The van der Waals surface area contributed by atoms with Crippen LogP contribution in [-0.4, -0.2) is 39.5 Å². The van der Waals surface area contributed by atoms with Crippen LogP contribution in [0.4, 0.5) is 0 Å². The molecule has 0 aliphatic carbocycles. The third-order valence-corrected chi connectivity index (χ3v) is 4.02. The third-order valence-electron chi connectivity index (χ3n) is 3.54. The van der Waals surface area contributed by atoms with Crippen molar-refractivity contribution in [1.29, 1.82) is 0 Å². The zero-order chi connectivity index (χ0) is 15.7. The monoisotopic (exact) mass is 305 g/mol. The van der Waals surface area contributed by atoms with Crippen LogP contribution in [0.5, 0.6) is 0 Å². The third kappa shape index (κ3) is 6.94. The number of hydrogen-bond donors (Lipinski definition) is 1. The summed E-state index contributed by atoms with van der Waals surface area (Å²) in [5.41, 5.74) is 0. The van der Waals surface area contributed by atoms with E-state index < -0.39 is 11.5 Å². The number of halogens is 1. The van der Waals surface area contributed by atoms with Crippen molar-refractivity contribution in [1.82, 2.24) is 4.90 Å². The van der Waals surface area contributed by atoms with Gasteiger partial charge in [0.05, 0.1) is 6.10 Å². The van der Waals surface area contributed by atoms with Gasteiger partial charge in [0.25, 0.3) is 0 Å². The van der Waals surface area contributed by atoms with E-state index in [0.29, 0.717) is 6.42 Å². The van der Waals surface area contributed by atoms with Gasteiger partial charge in [-0.1, -0.05) is 39.0 Å². The van der Waals surface area contributed by atoms with Gasteiger partial charge in [-0.05, 0) is 34.1 Å². The van der Waals surface area contributed by atoms with E-state index in [1.807, 2.05) is 27.7 Å². The first kappa shape index (κ1) is 19.7. The SMILES string of the molecule is CCCCCCCC(O)C(Cl)C(=O)N(C(C)C)C(C)C. The Kier molecular flexibility index (Phi) is 10.3. The van der Waals surface area contributed by atoms with Crippen LogP contribution >= 0.6 is 11.6 Å². The number of aliphatic hydroxyl groups excluding tert-OH is 1. The van der Waals surface area contributed by atoms with E-state index in [0.717, 1.165) is 12.8 Å². The lowest BCUT2D eigenvalue weighted by atomic mass is 10.0. The van der Waals surface area contributed by atoms with Gasteiger partial charge >= 0.3 is 0 Å². The maximum Gasteiger partial charge on any atom is 0.243 e. The summed E-state index contributed by atoms with van der Waals surface area (Å²) in [6.45, 7) is 10.1. The number of hydrogen-bond acceptors (Lipinski definition) is 2. The average molecular weight is 306 g/mol. The van der Waals surface area contributed by atoms with Gasteiger partial charge in [-0.3, -0.25) is 4.79 Å². The number of nitrogens with zero attached hydrogens (tertiary/aromatic N) is 1. The first-order valence-electron chi connectivity index (χ1n) is 7.97. The van der Waals surface area contributed by atoms with Crippen LogP contribution in [0, 0.1) is 0 Å². The molecule has 0 saturated heterocycles. The minimum Gasteiger partial charge on any atom is -0.391 e. The number of carbonyl (C=O) groups is 1. The molecule has 0 saturated carbocycles. The van der Waals surface area contributed by atoms with Crippen molar-refractivity contribution in [2.45, 2.75) is 96.7 Å². The number of carbonyl (C=O) groups excluding carboxylic acids is 1. The van der Waals surface area contributed by atoms with Crippen LogP contribution in [0.25, 0.3) is 0 Å². The fourth-order valence-electron chi connectivity index (χ4n) is 2.52. The lowest BCUT2D eigenvalue weighted by Gasteiger charge is -2.33. The molecule has 20 heavy (non-hydrogen) atoms. The summed E-state index contributed by atoms with van der Waals surface area (Å²) in [5, 5.41) is 9.25. The summed E-state index contributed by atoms with van der Waals surface area (Å²) >= 11 is 6.16. The Labute approximate surface area is 129 Å². The highest BCUT2D eigenvalue weighted by molar-refractivity contribution is 6.31. The molecule has 0 spiro atoms. The van der Waals surface area contributed by atoms with E-state index in [4.69, 9.17) is 11.6 Å². The molecule has 0 heterocycles. The normalized spacial score (nSPS) is 14.7. The molecule has 0 aromatic heterocycles. The van der Waals surface area contributed by atoms with Gasteiger partial charge in [0.1, 0.15) is 5.38 Å². The van der Waals surface area contributed by atoms with Crippen LogP contribution in [0.15, 0.2) is 0 Å².